The summed E-state index contributed by atoms with van der Waals surface area (Å²) in [6.07, 6.45) is 3.98. The molecule has 15 heavy (non-hydrogen) atoms. The van der Waals surface area contributed by atoms with Crippen LogP contribution in [0.15, 0.2) is 6.20 Å². The molecule has 0 bridgehead atoms. The van der Waals surface area contributed by atoms with E-state index in [0.29, 0.717) is 5.92 Å². The quantitative estimate of drug-likeness (QED) is 0.674. The molecule has 2 heterocycles. The molecular formula is C10H16N4O. The molecule has 0 spiro atoms. The second-order valence-corrected chi connectivity index (χ2v) is 3.92. The number of rotatable bonds is 2. The summed E-state index contributed by atoms with van der Waals surface area (Å²) >= 11 is 0. The SMILES string of the molecule is CC(=O)Nc1cn[nH]c1[C@H]1CCCNC1. The highest BCUT2D eigenvalue weighted by Crippen LogP contribution is 2.27. The summed E-state index contributed by atoms with van der Waals surface area (Å²) in [7, 11) is 0. The van der Waals surface area contributed by atoms with Crippen LogP contribution in [-0.2, 0) is 4.79 Å². The van der Waals surface area contributed by atoms with Crippen molar-refractivity contribution in [3.8, 4) is 0 Å². The van der Waals surface area contributed by atoms with Gasteiger partial charge in [0.1, 0.15) is 0 Å². The van der Waals surface area contributed by atoms with Crippen molar-refractivity contribution >= 4 is 11.6 Å². The average molecular weight is 208 g/mol. The number of carbonyl (C=O) groups is 1. The van der Waals surface area contributed by atoms with Gasteiger partial charge in [0.25, 0.3) is 0 Å². The van der Waals surface area contributed by atoms with Gasteiger partial charge in [-0.1, -0.05) is 0 Å². The molecule has 2 rings (SSSR count). The molecule has 3 N–H and O–H groups in total. The Morgan fingerprint density at radius 1 is 1.67 bits per heavy atom. The predicted octanol–water partition coefficient (Wildman–Crippen LogP) is 0.835. The summed E-state index contributed by atoms with van der Waals surface area (Å²) in [5.74, 6) is 0.379. The van der Waals surface area contributed by atoms with Gasteiger partial charge in [-0.25, -0.2) is 0 Å². The monoisotopic (exact) mass is 208 g/mol. The fourth-order valence-corrected chi connectivity index (χ4v) is 1.99. The van der Waals surface area contributed by atoms with Crippen LogP contribution in [-0.4, -0.2) is 29.2 Å². The number of aromatic amines is 1. The standard InChI is InChI=1S/C10H16N4O/c1-7(15)13-9-6-12-14-10(9)8-3-2-4-11-5-8/h6,8,11H,2-5H2,1H3,(H,12,14)(H,13,15)/t8-/m0/s1. The Balaban J connectivity index is 2.12. The van der Waals surface area contributed by atoms with Gasteiger partial charge in [-0.2, -0.15) is 5.10 Å². The van der Waals surface area contributed by atoms with Crippen molar-refractivity contribution in [2.24, 2.45) is 0 Å². The highest BCUT2D eigenvalue weighted by Gasteiger charge is 2.20. The van der Waals surface area contributed by atoms with Gasteiger partial charge in [0.15, 0.2) is 0 Å². The smallest absolute Gasteiger partial charge is 0.221 e. The van der Waals surface area contributed by atoms with E-state index in [4.69, 9.17) is 0 Å². The molecule has 0 radical (unpaired) electrons. The topological polar surface area (TPSA) is 69.8 Å². The minimum Gasteiger partial charge on any atom is -0.323 e. The van der Waals surface area contributed by atoms with Gasteiger partial charge in [-0.3, -0.25) is 9.89 Å². The van der Waals surface area contributed by atoms with E-state index in [1.165, 1.54) is 13.3 Å². The number of H-pyrrole nitrogens is 1. The van der Waals surface area contributed by atoms with Gasteiger partial charge in [-0.05, 0) is 19.4 Å². The second-order valence-electron chi connectivity index (χ2n) is 3.92. The first-order valence-corrected chi connectivity index (χ1v) is 5.29. The van der Waals surface area contributed by atoms with E-state index in [2.05, 4.69) is 20.8 Å². The van der Waals surface area contributed by atoms with Crippen molar-refractivity contribution in [1.82, 2.24) is 15.5 Å². The first-order valence-electron chi connectivity index (χ1n) is 5.29. The lowest BCUT2D eigenvalue weighted by Gasteiger charge is -2.22. The van der Waals surface area contributed by atoms with E-state index in [-0.39, 0.29) is 5.91 Å². The molecule has 0 aliphatic carbocycles. The molecule has 1 aliphatic rings. The summed E-state index contributed by atoms with van der Waals surface area (Å²) in [5.41, 5.74) is 1.86. The highest BCUT2D eigenvalue weighted by atomic mass is 16.1. The molecule has 1 fully saturated rings. The Bertz CT molecular complexity index is 341. The van der Waals surface area contributed by atoms with Crippen LogP contribution in [0.4, 0.5) is 5.69 Å². The van der Waals surface area contributed by atoms with E-state index in [0.717, 1.165) is 30.9 Å². The van der Waals surface area contributed by atoms with Crippen LogP contribution < -0.4 is 10.6 Å². The molecule has 0 saturated carbocycles. The summed E-state index contributed by atoms with van der Waals surface area (Å²) < 4.78 is 0. The fraction of sp³-hybridized carbons (Fsp3) is 0.600. The first-order chi connectivity index (χ1) is 7.27. The van der Waals surface area contributed by atoms with Crippen molar-refractivity contribution in [2.75, 3.05) is 18.4 Å². The zero-order valence-corrected chi connectivity index (χ0v) is 8.84. The fourth-order valence-electron chi connectivity index (χ4n) is 1.99. The van der Waals surface area contributed by atoms with Gasteiger partial charge >= 0.3 is 0 Å². The van der Waals surface area contributed by atoms with Gasteiger partial charge in [0, 0.05) is 19.4 Å². The number of amides is 1. The molecule has 1 atom stereocenters. The molecule has 1 amide bonds. The molecule has 0 aromatic carbocycles. The molecular weight excluding hydrogens is 192 g/mol. The van der Waals surface area contributed by atoms with Crippen LogP contribution in [0.3, 0.4) is 0 Å². The zero-order valence-electron chi connectivity index (χ0n) is 8.84. The van der Waals surface area contributed by atoms with Crippen molar-refractivity contribution in [1.29, 1.82) is 0 Å². The van der Waals surface area contributed by atoms with Crippen LogP contribution in [0.25, 0.3) is 0 Å². The number of nitrogens with zero attached hydrogens (tertiary/aromatic N) is 1. The summed E-state index contributed by atoms with van der Waals surface area (Å²) in [6.45, 7) is 3.55. The molecule has 1 saturated heterocycles. The lowest BCUT2D eigenvalue weighted by atomic mass is 9.95. The Labute approximate surface area is 88.6 Å². The Hall–Kier alpha value is -1.36. The minimum absolute atomic E-state index is 0.0542. The molecule has 1 aromatic heterocycles. The van der Waals surface area contributed by atoms with Gasteiger partial charge in [-0.15, -0.1) is 0 Å². The molecule has 1 aliphatic heterocycles. The number of aromatic nitrogens is 2. The summed E-state index contributed by atoms with van der Waals surface area (Å²) in [6, 6.07) is 0. The maximum absolute atomic E-state index is 11.0. The maximum Gasteiger partial charge on any atom is 0.221 e. The van der Waals surface area contributed by atoms with Crippen LogP contribution >= 0.6 is 0 Å². The third-order valence-electron chi connectivity index (χ3n) is 2.68. The van der Waals surface area contributed by atoms with Crippen molar-refractivity contribution in [3.05, 3.63) is 11.9 Å². The third-order valence-corrected chi connectivity index (χ3v) is 2.68. The summed E-state index contributed by atoms with van der Waals surface area (Å²) in [4.78, 5) is 11.0. The van der Waals surface area contributed by atoms with E-state index < -0.39 is 0 Å². The number of piperidine rings is 1. The number of nitrogens with one attached hydrogen (secondary N) is 3. The van der Waals surface area contributed by atoms with Crippen LogP contribution in [0, 0.1) is 0 Å². The maximum atomic E-state index is 11.0. The van der Waals surface area contributed by atoms with Crippen molar-refractivity contribution in [3.63, 3.8) is 0 Å². The number of hydrogen-bond donors (Lipinski definition) is 3. The number of hydrogen-bond acceptors (Lipinski definition) is 3. The van der Waals surface area contributed by atoms with Gasteiger partial charge < -0.3 is 10.6 Å². The van der Waals surface area contributed by atoms with Crippen LogP contribution in [0.2, 0.25) is 0 Å². The number of carbonyl (C=O) groups excluding carboxylic acids is 1. The van der Waals surface area contributed by atoms with E-state index in [1.54, 1.807) is 6.20 Å². The normalized spacial score (nSPS) is 21.3. The van der Waals surface area contributed by atoms with E-state index in [9.17, 15) is 4.79 Å². The van der Waals surface area contributed by atoms with Gasteiger partial charge in [0.2, 0.25) is 5.91 Å². The Morgan fingerprint density at radius 3 is 3.20 bits per heavy atom. The zero-order chi connectivity index (χ0) is 10.7. The predicted molar refractivity (Wildman–Crippen MR) is 57.7 cm³/mol. The molecule has 1 aromatic rings. The average Bonchev–Trinajstić information content (AvgIpc) is 2.66. The molecule has 82 valence electrons. The Kier molecular flexibility index (Phi) is 3.01. The van der Waals surface area contributed by atoms with Gasteiger partial charge in [0.05, 0.1) is 17.6 Å². The highest BCUT2D eigenvalue weighted by molar-refractivity contribution is 5.89. The second kappa shape index (κ2) is 4.44. The first kappa shape index (κ1) is 10.2. The van der Waals surface area contributed by atoms with Crippen LogP contribution in [0.5, 0.6) is 0 Å². The molecule has 5 heteroatoms. The summed E-state index contributed by atoms with van der Waals surface area (Å²) in [5, 5.41) is 13.1. The minimum atomic E-state index is -0.0542. The van der Waals surface area contributed by atoms with Crippen molar-refractivity contribution < 1.29 is 4.79 Å². The lowest BCUT2D eigenvalue weighted by molar-refractivity contribution is -0.114. The lowest BCUT2D eigenvalue weighted by Crippen LogP contribution is -2.29. The van der Waals surface area contributed by atoms with E-state index in [1.807, 2.05) is 0 Å². The third kappa shape index (κ3) is 2.36. The van der Waals surface area contributed by atoms with Crippen molar-refractivity contribution in [2.45, 2.75) is 25.7 Å². The number of anilines is 1. The Morgan fingerprint density at radius 2 is 2.53 bits per heavy atom. The molecule has 5 nitrogen and oxygen atoms in total. The largest absolute Gasteiger partial charge is 0.323 e. The molecule has 0 unspecified atom stereocenters. The van der Waals surface area contributed by atoms with Crippen LogP contribution in [0.1, 0.15) is 31.4 Å². The van der Waals surface area contributed by atoms with E-state index >= 15 is 0 Å².